The molecule has 0 aliphatic carbocycles. The van der Waals surface area contributed by atoms with Crippen LogP contribution in [-0.2, 0) is 7.05 Å². The fourth-order valence-electron chi connectivity index (χ4n) is 2.92. The highest BCUT2D eigenvalue weighted by Gasteiger charge is 2.13. The van der Waals surface area contributed by atoms with Crippen LogP contribution >= 0.6 is 0 Å². The predicted octanol–water partition coefficient (Wildman–Crippen LogP) is 3.61. The van der Waals surface area contributed by atoms with Crippen LogP contribution in [0, 0.1) is 6.92 Å². The van der Waals surface area contributed by atoms with E-state index in [2.05, 4.69) is 34.6 Å². The number of aromatic nitrogens is 5. The Morgan fingerprint density at radius 2 is 1.92 bits per heavy atom. The van der Waals surface area contributed by atoms with Crippen molar-refractivity contribution in [3.8, 4) is 11.3 Å². The number of hydrogen-bond donors (Lipinski definition) is 1. The zero-order chi connectivity index (χ0) is 17.4. The maximum atomic E-state index is 4.76. The summed E-state index contributed by atoms with van der Waals surface area (Å²) in [5, 5.41) is 12.4. The van der Waals surface area contributed by atoms with Gasteiger partial charge in [0.05, 0.1) is 23.6 Å². The summed E-state index contributed by atoms with van der Waals surface area (Å²) >= 11 is 0. The van der Waals surface area contributed by atoms with Crippen molar-refractivity contribution in [2.45, 2.75) is 19.9 Å². The molecule has 1 unspecified atom stereocenters. The zero-order valence-electron chi connectivity index (χ0n) is 14.5. The molecule has 1 atom stereocenters. The van der Waals surface area contributed by atoms with Gasteiger partial charge in [-0.1, -0.05) is 30.3 Å². The van der Waals surface area contributed by atoms with E-state index in [-0.39, 0.29) is 6.04 Å². The second-order valence-corrected chi connectivity index (χ2v) is 6.26. The van der Waals surface area contributed by atoms with Gasteiger partial charge in [0.15, 0.2) is 5.65 Å². The van der Waals surface area contributed by atoms with Crippen molar-refractivity contribution in [2.75, 3.05) is 5.32 Å². The van der Waals surface area contributed by atoms with Gasteiger partial charge in [-0.25, -0.2) is 4.98 Å². The van der Waals surface area contributed by atoms with E-state index in [0.717, 1.165) is 34.0 Å². The van der Waals surface area contributed by atoms with Gasteiger partial charge in [-0.15, -0.1) is 0 Å². The van der Waals surface area contributed by atoms with Crippen LogP contribution in [-0.4, -0.2) is 24.4 Å². The Kier molecular flexibility index (Phi) is 3.72. The number of hydrogen-bond acceptors (Lipinski definition) is 4. The fourth-order valence-corrected chi connectivity index (χ4v) is 2.92. The first kappa shape index (κ1) is 15.4. The van der Waals surface area contributed by atoms with Crippen LogP contribution in [0.5, 0.6) is 0 Å². The highest BCUT2D eigenvalue weighted by atomic mass is 15.3. The molecule has 0 saturated carbocycles. The maximum Gasteiger partial charge on any atom is 0.158 e. The average Bonchev–Trinajstić information content (AvgIpc) is 3.20. The first-order valence-corrected chi connectivity index (χ1v) is 8.28. The molecule has 0 fully saturated rings. The highest BCUT2D eigenvalue weighted by molar-refractivity contribution is 5.66. The number of rotatable bonds is 4. The molecular formula is C19H20N6. The van der Waals surface area contributed by atoms with Gasteiger partial charge in [0.2, 0.25) is 0 Å². The Morgan fingerprint density at radius 3 is 2.64 bits per heavy atom. The van der Waals surface area contributed by atoms with E-state index in [1.54, 1.807) is 0 Å². The lowest BCUT2D eigenvalue weighted by atomic mass is 10.1. The molecule has 0 aliphatic rings. The third-order valence-electron chi connectivity index (χ3n) is 4.21. The molecule has 3 aromatic heterocycles. The minimum Gasteiger partial charge on any atom is -0.363 e. The monoisotopic (exact) mass is 332 g/mol. The van der Waals surface area contributed by atoms with Crippen LogP contribution in [0.25, 0.3) is 16.9 Å². The van der Waals surface area contributed by atoms with Crippen LogP contribution in [0.1, 0.15) is 24.2 Å². The third kappa shape index (κ3) is 2.98. The Morgan fingerprint density at radius 1 is 1.12 bits per heavy atom. The lowest BCUT2D eigenvalue weighted by Crippen LogP contribution is -2.11. The Bertz CT molecular complexity index is 1020. The summed E-state index contributed by atoms with van der Waals surface area (Å²) < 4.78 is 3.66. The van der Waals surface area contributed by atoms with Crippen molar-refractivity contribution in [1.29, 1.82) is 0 Å². The number of aryl methyl sites for hydroxylation is 2. The summed E-state index contributed by atoms with van der Waals surface area (Å²) in [5.41, 5.74) is 4.90. The third-order valence-corrected chi connectivity index (χ3v) is 4.21. The first-order valence-electron chi connectivity index (χ1n) is 8.28. The number of anilines is 1. The van der Waals surface area contributed by atoms with Gasteiger partial charge in [0.25, 0.3) is 0 Å². The van der Waals surface area contributed by atoms with Gasteiger partial charge in [0.1, 0.15) is 5.82 Å². The largest absolute Gasteiger partial charge is 0.363 e. The molecule has 6 heteroatoms. The minimum atomic E-state index is 0.104. The molecule has 4 aromatic rings. The summed E-state index contributed by atoms with van der Waals surface area (Å²) in [5.74, 6) is 0.910. The standard InChI is InChI=1S/C19H20N6/c1-13-9-18-22-17(15-7-5-4-6-8-15)10-19(25(18)23-13)21-14(2)16-11-20-24(3)12-16/h4-12,14,21H,1-3H3. The summed E-state index contributed by atoms with van der Waals surface area (Å²) in [4.78, 5) is 4.76. The Balaban J connectivity index is 1.78. The maximum absolute atomic E-state index is 4.76. The lowest BCUT2D eigenvalue weighted by Gasteiger charge is -2.15. The molecule has 6 nitrogen and oxygen atoms in total. The van der Waals surface area contributed by atoms with E-state index >= 15 is 0 Å². The normalized spacial score (nSPS) is 12.4. The molecule has 0 radical (unpaired) electrons. The first-order chi connectivity index (χ1) is 12.1. The van der Waals surface area contributed by atoms with E-state index in [1.165, 1.54) is 0 Å². The van der Waals surface area contributed by atoms with Crippen molar-refractivity contribution in [3.63, 3.8) is 0 Å². The molecule has 0 bridgehead atoms. The minimum absolute atomic E-state index is 0.104. The molecule has 1 aromatic carbocycles. The van der Waals surface area contributed by atoms with Crippen LogP contribution < -0.4 is 5.32 Å². The zero-order valence-corrected chi connectivity index (χ0v) is 14.5. The predicted molar refractivity (Wildman–Crippen MR) is 98.4 cm³/mol. The molecule has 0 saturated heterocycles. The number of benzene rings is 1. The van der Waals surface area contributed by atoms with Crippen molar-refractivity contribution in [2.24, 2.45) is 7.05 Å². The summed E-state index contributed by atoms with van der Waals surface area (Å²) in [7, 11) is 1.92. The molecule has 0 aliphatic heterocycles. The quantitative estimate of drug-likeness (QED) is 0.620. The highest BCUT2D eigenvalue weighted by Crippen LogP contribution is 2.25. The van der Waals surface area contributed by atoms with Crippen LogP contribution in [0.4, 0.5) is 5.82 Å². The van der Waals surface area contributed by atoms with Crippen molar-refractivity contribution in [3.05, 3.63) is 66.1 Å². The van der Waals surface area contributed by atoms with E-state index in [0.29, 0.717) is 0 Å². The molecular weight excluding hydrogens is 312 g/mol. The molecule has 0 spiro atoms. The van der Waals surface area contributed by atoms with Crippen LogP contribution in [0.15, 0.2) is 54.9 Å². The Hall–Kier alpha value is -3.15. The van der Waals surface area contributed by atoms with Gasteiger partial charge in [-0.05, 0) is 13.8 Å². The van der Waals surface area contributed by atoms with Gasteiger partial charge >= 0.3 is 0 Å². The van der Waals surface area contributed by atoms with E-state index < -0.39 is 0 Å². The smallest absolute Gasteiger partial charge is 0.158 e. The van der Waals surface area contributed by atoms with E-state index in [9.17, 15) is 0 Å². The summed E-state index contributed by atoms with van der Waals surface area (Å²) in [6.07, 6.45) is 3.89. The fraction of sp³-hybridized carbons (Fsp3) is 0.211. The number of nitrogens with zero attached hydrogens (tertiary/aromatic N) is 5. The van der Waals surface area contributed by atoms with Gasteiger partial charge < -0.3 is 5.32 Å². The van der Waals surface area contributed by atoms with E-state index in [4.69, 9.17) is 4.98 Å². The van der Waals surface area contributed by atoms with Crippen LogP contribution in [0.2, 0.25) is 0 Å². The van der Waals surface area contributed by atoms with Gasteiger partial charge in [0, 0.05) is 36.5 Å². The summed E-state index contributed by atoms with van der Waals surface area (Å²) in [6, 6.07) is 14.3. The molecule has 4 rings (SSSR count). The average molecular weight is 332 g/mol. The van der Waals surface area contributed by atoms with Crippen LogP contribution in [0.3, 0.4) is 0 Å². The molecule has 1 N–H and O–H groups in total. The molecule has 126 valence electrons. The second-order valence-electron chi connectivity index (χ2n) is 6.26. The Labute approximate surface area is 146 Å². The van der Waals surface area contributed by atoms with Crippen molar-refractivity contribution < 1.29 is 0 Å². The SMILES string of the molecule is Cc1cc2nc(-c3ccccc3)cc(NC(C)c3cnn(C)c3)n2n1. The van der Waals surface area contributed by atoms with Gasteiger partial charge in [-0.3, -0.25) is 4.68 Å². The van der Waals surface area contributed by atoms with Gasteiger partial charge in [-0.2, -0.15) is 14.7 Å². The second kappa shape index (κ2) is 6.05. The molecule has 0 amide bonds. The number of nitrogens with one attached hydrogen (secondary N) is 1. The van der Waals surface area contributed by atoms with Crippen molar-refractivity contribution >= 4 is 11.5 Å². The van der Waals surface area contributed by atoms with Crippen molar-refractivity contribution in [1.82, 2.24) is 24.4 Å². The number of fused-ring (bicyclic) bond motifs is 1. The molecule has 25 heavy (non-hydrogen) atoms. The van der Waals surface area contributed by atoms with E-state index in [1.807, 2.05) is 65.9 Å². The summed E-state index contributed by atoms with van der Waals surface area (Å²) in [6.45, 7) is 4.09. The topological polar surface area (TPSA) is 60.0 Å². The lowest BCUT2D eigenvalue weighted by molar-refractivity contribution is 0.764. The molecule has 3 heterocycles.